The number of aliphatic hydroxyl groups is 1. The molecule has 3 atom stereocenters. The molecule has 1 aromatic heterocycles. The Hall–Kier alpha value is -3.50. The van der Waals surface area contributed by atoms with Gasteiger partial charge in [0.1, 0.15) is 5.82 Å². The summed E-state index contributed by atoms with van der Waals surface area (Å²) in [5, 5.41) is 16.6. The molecule has 0 saturated carbocycles. The molecule has 0 bridgehead atoms. The first-order chi connectivity index (χ1) is 16.7. The van der Waals surface area contributed by atoms with Crippen LogP contribution in [0.2, 0.25) is 0 Å². The topological polar surface area (TPSA) is 107 Å². The summed E-state index contributed by atoms with van der Waals surface area (Å²) >= 11 is 0. The van der Waals surface area contributed by atoms with Gasteiger partial charge in [0.2, 0.25) is 0 Å². The highest BCUT2D eigenvalue weighted by molar-refractivity contribution is 5.94. The number of hydrogen-bond donors (Lipinski definition) is 4. The Balaban J connectivity index is 1.30. The zero-order valence-electron chi connectivity index (χ0n) is 18.7. The molecule has 7 nitrogen and oxygen atoms in total. The van der Waals surface area contributed by atoms with Crippen molar-refractivity contribution < 1.29 is 23.1 Å². The van der Waals surface area contributed by atoms with Crippen molar-refractivity contribution in [3.05, 3.63) is 99.2 Å². The molecule has 10 heteroatoms. The van der Waals surface area contributed by atoms with E-state index in [1.54, 1.807) is 12.1 Å². The molecule has 2 aromatic carbocycles. The smallest absolute Gasteiger partial charge is 0.387 e. The van der Waals surface area contributed by atoms with Gasteiger partial charge in [-0.05, 0) is 42.5 Å². The fourth-order valence-corrected chi connectivity index (χ4v) is 4.22. The van der Waals surface area contributed by atoms with Gasteiger partial charge in [0.05, 0.1) is 12.6 Å². The van der Waals surface area contributed by atoms with Gasteiger partial charge in [0, 0.05) is 23.7 Å². The van der Waals surface area contributed by atoms with E-state index in [9.17, 15) is 27.9 Å². The molecule has 1 fully saturated rings. The molecule has 1 saturated heterocycles. The van der Waals surface area contributed by atoms with Crippen LogP contribution in [0.1, 0.15) is 51.9 Å². The molecule has 4 N–H and O–H groups in total. The van der Waals surface area contributed by atoms with Gasteiger partial charge in [-0.15, -0.1) is 0 Å². The maximum absolute atomic E-state index is 12.8. The summed E-state index contributed by atoms with van der Waals surface area (Å²) in [5.41, 5.74) is -0.0306. The van der Waals surface area contributed by atoms with Crippen LogP contribution in [0.15, 0.2) is 65.5 Å². The summed E-state index contributed by atoms with van der Waals surface area (Å²) in [6, 6.07) is 17.0. The summed E-state index contributed by atoms with van der Waals surface area (Å²) in [5.74, 6) is -0.781. The highest BCUT2D eigenvalue weighted by atomic mass is 19.4. The third kappa shape index (κ3) is 6.34. The maximum atomic E-state index is 12.8. The van der Waals surface area contributed by atoms with Gasteiger partial charge in [0.15, 0.2) is 5.69 Å². The number of nitrogens with one attached hydrogen (secondary N) is 3. The van der Waals surface area contributed by atoms with Crippen molar-refractivity contribution in [2.75, 3.05) is 0 Å². The number of carbonyl (C=O) groups excluding carboxylic acids is 1. The number of aromatic nitrogens is 2. The van der Waals surface area contributed by atoms with E-state index in [0.717, 1.165) is 30.4 Å². The molecule has 1 amide bonds. The van der Waals surface area contributed by atoms with Gasteiger partial charge < -0.3 is 20.7 Å². The average Bonchev–Trinajstić information content (AvgIpc) is 3.30. The van der Waals surface area contributed by atoms with E-state index in [4.69, 9.17) is 0 Å². The van der Waals surface area contributed by atoms with Crippen LogP contribution in [-0.4, -0.2) is 33.1 Å². The number of halogens is 3. The summed E-state index contributed by atoms with van der Waals surface area (Å²) in [6.45, 7) is -0.350. The van der Waals surface area contributed by atoms with Crippen molar-refractivity contribution in [2.45, 2.75) is 50.2 Å². The van der Waals surface area contributed by atoms with Gasteiger partial charge in [-0.2, -0.15) is 13.2 Å². The summed E-state index contributed by atoms with van der Waals surface area (Å²) in [6.07, 6.45) is -2.83. The molecule has 1 aliphatic rings. The molecular formula is C25H25F3N4O3. The van der Waals surface area contributed by atoms with Crippen LogP contribution in [-0.2, 0) is 19.1 Å². The van der Waals surface area contributed by atoms with Crippen LogP contribution in [0.25, 0.3) is 0 Å². The van der Waals surface area contributed by atoms with E-state index in [1.165, 1.54) is 0 Å². The van der Waals surface area contributed by atoms with Crippen molar-refractivity contribution in [1.29, 1.82) is 0 Å². The lowest BCUT2D eigenvalue weighted by atomic mass is 10.0. The van der Waals surface area contributed by atoms with Crippen molar-refractivity contribution in [3.8, 4) is 0 Å². The number of benzene rings is 2. The van der Waals surface area contributed by atoms with Crippen LogP contribution in [0.3, 0.4) is 0 Å². The summed E-state index contributed by atoms with van der Waals surface area (Å²) < 4.78 is 38.4. The first-order valence-electron chi connectivity index (χ1n) is 11.2. The quantitative estimate of drug-likeness (QED) is 0.411. The van der Waals surface area contributed by atoms with Crippen molar-refractivity contribution >= 4 is 5.91 Å². The number of alkyl halides is 3. The number of rotatable bonds is 7. The van der Waals surface area contributed by atoms with Crippen LogP contribution in [0.5, 0.6) is 0 Å². The molecule has 1 aliphatic heterocycles. The van der Waals surface area contributed by atoms with Gasteiger partial charge in [0.25, 0.3) is 11.5 Å². The molecule has 0 aliphatic carbocycles. The zero-order chi connectivity index (χ0) is 25.0. The number of aromatic amines is 1. The summed E-state index contributed by atoms with van der Waals surface area (Å²) in [4.78, 5) is 29.4. The van der Waals surface area contributed by atoms with E-state index < -0.39 is 29.4 Å². The second-order valence-electron chi connectivity index (χ2n) is 8.56. The maximum Gasteiger partial charge on any atom is 0.433 e. The Bertz CT molecular complexity index is 1210. The number of amides is 1. The molecule has 35 heavy (non-hydrogen) atoms. The second kappa shape index (κ2) is 10.4. The predicted molar refractivity (Wildman–Crippen MR) is 123 cm³/mol. The molecule has 2 heterocycles. The lowest BCUT2D eigenvalue weighted by Crippen LogP contribution is -2.35. The minimum absolute atomic E-state index is 0.0247. The van der Waals surface area contributed by atoms with E-state index >= 15 is 0 Å². The number of H-pyrrole nitrogens is 1. The van der Waals surface area contributed by atoms with E-state index in [-0.39, 0.29) is 24.5 Å². The fraction of sp³-hybridized carbons (Fsp3) is 0.320. The Morgan fingerprint density at radius 1 is 1.11 bits per heavy atom. The molecular weight excluding hydrogens is 461 g/mol. The van der Waals surface area contributed by atoms with Crippen molar-refractivity contribution in [1.82, 2.24) is 20.6 Å². The Labute approximate surface area is 199 Å². The fourth-order valence-electron chi connectivity index (χ4n) is 4.22. The minimum Gasteiger partial charge on any atom is -0.387 e. The van der Waals surface area contributed by atoms with Crippen LogP contribution >= 0.6 is 0 Å². The van der Waals surface area contributed by atoms with Gasteiger partial charge in [-0.1, -0.05) is 42.5 Å². The lowest BCUT2D eigenvalue weighted by Gasteiger charge is -2.20. The summed E-state index contributed by atoms with van der Waals surface area (Å²) in [7, 11) is 0. The largest absolute Gasteiger partial charge is 0.433 e. The molecule has 0 radical (unpaired) electrons. The average molecular weight is 486 g/mol. The number of nitrogens with zero attached hydrogens (tertiary/aromatic N) is 1. The first-order valence-corrected chi connectivity index (χ1v) is 11.2. The second-order valence-corrected chi connectivity index (χ2v) is 8.56. The van der Waals surface area contributed by atoms with E-state index in [0.29, 0.717) is 11.6 Å². The van der Waals surface area contributed by atoms with E-state index in [1.807, 2.05) is 42.5 Å². The third-order valence-corrected chi connectivity index (χ3v) is 5.99. The Kier molecular flexibility index (Phi) is 7.32. The Morgan fingerprint density at radius 3 is 2.51 bits per heavy atom. The minimum atomic E-state index is -4.75. The molecule has 0 spiro atoms. The molecule has 0 unspecified atom stereocenters. The Morgan fingerprint density at radius 2 is 1.83 bits per heavy atom. The highest BCUT2D eigenvalue weighted by Crippen LogP contribution is 2.27. The first kappa shape index (κ1) is 24.6. The predicted octanol–water partition coefficient (Wildman–Crippen LogP) is 3.12. The van der Waals surface area contributed by atoms with Crippen molar-refractivity contribution in [2.24, 2.45) is 0 Å². The monoisotopic (exact) mass is 486 g/mol. The number of aliphatic hydroxyl groups excluding tert-OH is 1. The number of carbonyl (C=O) groups is 1. The highest BCUT2D eigenvalue weighted by Gasteiger charge is 2.33. The van der Waals surface area contributed by atoms with Gasteiger partial charge in [-0.25, -0.2) is 4.98 Å². The van der Waals surface area contributed by atoms with Crippen LogP contribution < -0.4 is 16.2 Å². The SMILES string of the molecule is O=C(NCc1nc(C(F)(F)F)cc(=O)[nH]1)c1ccc(C[C@@H]2CC[C@H]([C@H](O)c3ccccc3)N2)cc1. The molecule has 3 aromatic rings. The van der Waals surface area contributed by atoms with E-state index in [2.05, 4.69) is 20.6 Å². The molecule has 4 rings (SSSR count). The van der Waals surface area contributed by atoms with Gasteiger partial charge in [-0.3, -0.25) is 9.59 Å². The third-order valence-electron chi connectivity index (χ3n) is 5.99. The normalized spacial score (nSPS) is 18.9. The standard InChI is InChI=1S/C25H25F3N4O3/c26-25(27,28)20-13-22(33)32-21(31-20)14-29-24(35)17-8-6-15(7-9-17)12-18-10-11-19(30-18)23(34)16-4-2-1-3-5-16/h1-9,13,18-19,23,30,34H,10-12,14H2,(H,29,35)(H,31,32,33)/t18-,19+,23+/m0/s1. The number of hydrogen-bond acceptors (Lipinski definition) is 5. The van der Waals surface area contributed by atoms with Crippen LogP contribution in [0, 0.1) is 0 Å². The molecule has 184 valence electrons. The lowest BCUT2D eigenvalue weighted by molar-refractivity contribution is -0.141. The van der Waals surface area contributed by atoms with Gasteiger partial charge >= 0.3 is 6.18 Å². The zero-order valence-corrected chi connectivity index (χ0v) is 18.7. The van der Waals surface area contributed by atoms with Crippen LogP contribution in [0.4, 0.5) is 13.2 Å². The van der Waals surface area contributed by atoms with Crippen molar-refractivity contribution in [3.63, 3.8) is 0 Å².